The van der Waals surface area contributed by atoms with Crippen LogP contribution in [0.4, 0.5) is 0 Å². The quantitative estimate of drug-likeness (QED) is 0.651. The SMILES string of the molecule is CC1(C)CCCC1(C)CCO. The predicted octanol–water partition coefficient (Wildman–Crippen LogP) is 2.59. The van der Waals surface area contributed by atoms with Crippen LogP contribution < -0.4 is 0 Å². The van der Waals surface area contributed by atoms with Crippen molar-refractivity contribution in [3.63, 3.8) is 0 Å². The molecule has 1 unspecified atom stereocenters. The van der Waals surface area contributed by atoms with E-state index in [-0.39, 0.29) is 0 Å². The molecule has 66 valence electrons. The van der Waals surface area contributed by atoms with Crippen LogP contribution in [0.5, 0.6) is 0 Å². The summed E-state index contributed by atoms with van der Waals surface area (Å²) in [7, 11) is 0. The summed E-state index contributed by atoms with van der Waals surface area (Å²) in [6.45, 7) is 7.32. The summed E-state index contributed by atoms with van der Waals surface area (Å²) in [5.74, 6) is 0. The molecule has 1 aliphatic carbocycles. The molecular formula is C10H20O. The smallest absolute Gasteiger partial charge is 0.0436 e. The van der Waals surface area contributed by atoms with Crippen molar-refractivity contribution in [1.82, 2.24) is 0 Å². The van der Waals surface area contributed by atoms with Gasteiger partial charge in [0.15, 0.2) is 0 Å². The summed E-state index contributed by atoms with van der Waals surface area (Å²) in [5.41, 5.74) is 0.831. The molecule has 1 fully saturated rings. The lowest BCUT2D eigenvalue weighted by Crippen LogP contribution is -2.30. The Kier molecular flexibility index (Phi) is 2.29. The summed E-state index contributed by atoms with van der Waals surface area (Å²) in [6, 6.07) is 0. The molecule has 1 aliphatic rings. The maximum Gasteiger partial charge on any atom is 0.0436 e. The first-order chi connectivity index (χ1) is 5.02. The number of aliphatic hydroxyl groups is 1. The van der Waals surface area contributed by atoms with Gasteiger partial charge in [0.05, 0.1) is 0 Å². The van der Waals surface area contributed by atoms with Gasteiger partial charge in [0.2, 0.25) is 0 Å². The summed E-state index contributed by atoms with van der Waals surface area (Å²) in [6.07, 6.45) is 4.92. The van der Waals surface area contributed by atoms with Gasteiger partial charge in [0.25, 0.3) is 0 Å². The lowest BCUT2D eigenvalue weighted by atomic mass is 9.68. The van der Waals surface area contributed by atoms with Crippen LogP contribution in [0.25, 0.3) is 0 Å². The first-order valence-corrected chi connectivity index (χ1v) is 4.63. The van der Waals surface area contributed by atoms with Crippen LogP contribution in [0.2, 0.25) is 0 Å². The topological polar surface area (TPSA) is 20.2 Å². The van der Waals surface area contributed by atoms with Crippen molar-refractivity contribution in [3.8, 4) is 0 Å². The third kappa shape index (κ3) is 1.44. The zero-order chi connectivity index (χ0) is 8.54. The van der Waals surface area contributed by atoms with Gasteiger partial charge in [0.1, 0.15) is 0 Å². The monoisotopic (exact) mass is 156 g/mol. The van der Waals surface area contributed by atoms with Crippen molar-refractivity contribution in [2.24, 2.45) is 10.8 Å². The van der Waals surface area contributed by atoms with E-state index in [1.165, 1.54) is 19.3 Å². The van der Waals surface area contributed by atoms with E-state index in [1.807, 2.05) is 0 Å². The van der Waals surface area contributed by atoms with Crippen LogP contribution in [0, 0.1) is 10.8 Å². The van der Waals surface area contributed by atoms with E-state index in [2.05, 4.69) is 20.8 Å². The van der Waals surface area contributed by atoms with Crippen LogP contribution in [0.15, 0.2) is 0 Å². The van der Waals surface area contributed by atoms with Crippen molar-refractivity contribution < 1.29 is 5.11 Å². The lowest BCUT2D eigenvalue weighted by Gasteiger charge is -2.38. The van der Waals surface area contributed by atoms with Gasteiger partial charge >= 0.3 is 0 Å². The molecule has 11 heavy (non-hydrogen) atoms. The Balaban J connectivity index is 2.68. The number of hydrogen-bond acceptors (Lipinski definition) is 1. The average Bonchev–Trinajstić information content (AvgIpc) is 2.09. The highest BCUT2D eigenvalue weighted by atomic mass is 16.3. The molecule has 0 bridgehead atoms. The number of hydrogen-bond donors (Lipinski definition) is 1. The highest BCUT2D eigenvalue weighted by Gasteiger charge is 2.44. The van der Waals surface area contributed by atoms with Crippen LogP contribution >= 0.6 is 0 Å². The Morgan fingerprint density at radius 2 is 1.82 bits per heavy atom. The van der Waals surface area contributed by atoms with Gasteiger partial charge in [-0.05, 0) is 30.1 Å². The average molecular weight is 156 g/mol. The van der Waals surface area contributed by atoms with E-state index < -0.39 is 0 Å². The molecule has 1 N–H and O–H groups in total. The Morgan fingerprint density at radius 3 is 2.18 bits per heavy atom. The molecule has 0 heterocycles. The molecule has 0 aromatic rings. The molecule has 0 spiro atoms. The van der Waals surface area contributed by atoms with Gasteiger partial charge < -0.3 is 5.11 Å². The summed E-state index contributed by atoms with van der Waals surface area (Å²) < 4.78 is 0. The minimum absolute atomic E-state index is 0.347. The highest BCUT2D eigenvalue weighted by molar-refractivity contribution is 4.94. The fraction of sp³-hybridized carbons (Fsp3) is 1.00. The van der Waals surface area contributed by atoms with Gasteiger partial charge in [-0.3, -0.25) is 0 Å². The van der Waals surface area contributed by atoms with Crippen LogP contribution in [-0.4, -0.2) is 11.7 Å². The second kappa shape index (κ2) is 2.78. The largest absolute Gasteiger partial charge is 0.396 e. The van der Waals surface area contributed by atoms with Gasteiger partial charge in [0, 0.05) is 6.61 Å². The van der Waals surface area contributed by atoms with E-state index in [1.54, 1.807) is 0 Å². The molecule has 1 saturated carbocycles. The summed E-state index contributed by atoms with van der Waals surface area (Å²) in [4.78, 5) is 0. The Bertz CT molecular complexity index is 140. The molecule has 0 aliphatic heterocycles. The van der Waals surface area contributed by atoms with Gasteiger partial charge in [-0.1, -0.05) is 27.2 Å². The van der Waals surface area contributed by atoms with Crippen molar-refractivity contribution in [1.29, 1.82) is 0 Å². The minimum Gasteiger partial charge on any atom is -0.396 e. The maximum absolute atomic E-state index is 8.92. The third-order valence-electron chi connectivity index (χ3n) is 3.83. The van der Waals surface area contributed by atoms with E-state index in [9.17, 15) is 0 Å². The normalized spacial score (nSPS) is 36.0. The second-order valence-electron chi connectivity index (χ2n) is 4.77. The molecule has 0 radical (unpaired) electrons. The maximum atomic E-state index is 8.92. The Labute approximate surface area is 69.8 Å². The third-order valence-corrected chi connectivity index (χ3v) is 3.83. The number of aliphatic hydroxyl groups excluding tert-OH is 1. The lowest BCUT2D eigenvalue weighted by molar-refractivity contribution is 0.0900. The fourth-order valence-electron chi connectivity index (χ4n) is 2.27. The first-order valence-electron chi connectivity index (χ1n) is 4.63. The molecule has 1 rings (SSSR count). The van der Waals surface area contributed by atoms with Crippen LogP contribution in [-0.2, 0) is 0 Å². The van der Waals surface area contributed by atoms with Crippen LogP contribution in [0.3, 0.4) is 0 Å². The zero-order valence-corrected chi connectivity index (χ0v) is 7.98. The summed E-state index contributed by atoms with van der Waals surface area (Å²) in [5, 5.41) is 8.92. The van der Waals surface area contributed by atoms with E-state index in [0.29, 0.717) is 17.4 Å². The van der Waals surface area contributed by atoms with Crippen molar-refractivity contribution in [3.05, 3.63) is 0 Å². The molecule has 0 aromatic heterocycles. The molecule has 1 nitrogen and oxygen atoms in total. The fourth-order valence-corrected chi connectivity index (χ4v) is 2.27. The predicted molar refractivity (Wildman–Crippen MR) is 47.4 cm³/mol. The van der Waals surface area contributed by atoms with E-state index >= 15 is 0 Å². The molecule has 0 saturated heterocycles. The Hall–Kier alpha value is -0.0400. The first kappa shape index (κ1) is 9.05. The van der Waals surface area contributed by atoms with Gasteiger partial charge in [-0.15, -0.1) is 0 Å². The molecular weight excluding hydrogens is 136 g/mol. The van der Waals surface area contributed by atoms with Crippen molar-refractivity contribution in [2.75, 3.05) is 6.61 Å². The van der Waals surface area contributed by atoms with Gasteiger partial charge in [-0.2, -0.15) is 0 Å². The summed E-state index contributed by atoms with van der Waals surface area (Å²) >= 11 is 0. The number of rotatable bonds is 2. The Morgan fingerprint density at radius 1 is 1.18 bits per heavy atom. The minimum atomic E-state index is 0.347. The zero-order valence-electron chi connectivity index (χ0n) is 7.98. The van der Waals surface area contributed by atoms with Crippen molar-refractivity contribution >= 4 is 0 Å². The van der Waals surface area contributed by atoms with Gasteiger partial charge in [-0.25, -0.2) is 0 Å². The molecule has 1 atom stereocenters. The second-order valence-corrected chi connectivity index (χ2v) is 4.77. The van der Waals surface area contributed by atoms with Crippen LogP contribution in [0.1, 0.15) is 46.5 Å². The highest BCUT2D eigenvalue weighted by Crippen LogP contribution is 2.54. The van der Waals surface area contributed by atoms with E-state index in [4.69, 9.17) is 5.11 Å². The van der Waals surface area contributed by atoms with Crippen molar-refractivity contribution in [2.45, 2.75) is 46.5 Å². The molecule has 0 aromatic carbocycles. The molecule has 0 amide bonds. The van der Waals surface area contributed by atoms with E-state index in [0.717, 1.165) is 6.42 Å². The standard InChI is InChI=1S/C10H20O/c1-9(2)5-4-6-10(9,3)7-8-11/h11H,4-8H2,1-3H3. The molecule has 1 heteroatoms.